The predicted octanol–water partition coefficient (Wildman–Crippen LogP) is 2.51. The molecule has 0 spiro atoms. The molecule has 0 radical (unpaired) electrons. The molecule has 0 unspecified atom stereocenters. The van der Waals surface area contributed by atoms with E-state index in [9.17, 15) is 17.2 Å². The third-order valence-corrected chi connectivity index (χ3v) is 4.43. The third kappa shape index (κ3) is 6.33. The highest BCUT2D eigenvalue weighted by Gasteiger charge is 2.10. The van der Waals surface area contributed by atoms with Gasteiger partial charge in [-0.15, -0.1) is 0 Å². The van der Waals surface area contributed by atoms with Gasteiger partial charge in [0.05, 0.1) is 5.75 Å². The molecule has 0 aliphatic rings. The summed E-state index contributed by atoms with van der Waals surface area (Å²) in [6.07, 6.45) is 0.471. The van der Waals surface area contributed by atoms with Gasteiger partial charge in [-0.1, -0.05) is 12.1 Å². The Hall–Kier alpha value is -1.99. The molecule has 0 aliphatic carbocycles. The molecule has 0 aromatic heterocycles. The van der Waals surface area contributed by atoms with Crippen LogP contribution in [0.2, 0.25) is 0 Å². The third-order valence-electron chi connectivity index (χ3n) is 3.08. The Bertz CT molecular complexity index is 658. The molecule has 0 fully saturated rings. The maximum absolute atomic E-state index is 12.8. The Balaban J connectivity index is 1.71. The average Bonchev–Trinajstić information content (AvgIpc) is 2.51. The summed E-state index contributed by atoms with van der Waals surface area (Å²) in [7, 11) is -3.46. The Kier molecular flexibility index (Phi) is 6.06. The van der Waals surface area contributed by atoms with Crippen molar-refractivity contribution in [3.63, 3.8) is 0 Å². The van der Waals surface area contributed by atoms with Crippen molar-refractivity contribution in [1.82, 2.24) is 4.72 Å². The molecule has 0 saturated heterocycles. The van der Waals surface area contributed by atoms with Crippen molar-refractivity contribution in [3.8, 4) is 5.75 Å². The van der Waals surface area contributed by atoms with Crippen LogP contribution in [0.4, 0.5) is 8.78 Å². The zero-order valence-electron chi connectivity index (χ0n) is 12.3. The van der Waals surface area contributed by atoms with E-state index in [0.717, 1.165) is 5.56 Å². The van der Waals surface area contributed by atoms with Gasteiger partial charge < -0.3 is 4.74 Å². The number of nitrogens with one attached hydrogen (secondary N) is 1. The summed E-state index contributed by atoms with van der Waals surface area (Å²) in [5.74, 6) is -0.499. The summed E-state index contributed by atoms with van der Waals surface area (Å²) >= 11 is 0. The lowest BCUT2D eigenvalue weighted by molar-refractivity contribution is 0.339. The molecule has 0 bridgehead atoms. The lowest BCUT2D eigenvalue weighted by Gasteiger charge is -2.08. The molecule has 4 nitrogen and oxygen atoms in total. The fourth-order valence-electron chi connectivity index (χ4n) is 1.87. The van der Waals surface area contributed by atoms with Gasteiger partial charge in [-0.25, -0.2) is 21.9 Å². The zero-order valence-corrected chi connectivity index (χ0v) is 13.2. The van der Waals surface area contributed by atoms with Crippen LogP contribution in [0.5, 0.6) is 5.75 Å². The van der Waals surface area contributed by atoms with Crippen molar-refractivity contribution < 1.29 is 21.9 Å². The molecule has 23 heavy (non-hydrogen) atoms. The maximum Gasteiger partial charge on any atom is 0.214 e. The lowest BCUT2D eigenvalue weighted by atomic mass is 10.1. The molecular formula is C16H17F2NO3S. The molecule has 2 rings (SSSR count). The first-order valence-electron chi connectivity index (χ1n) is 7.05. The minimum atomic E-state index is -3.46. The van der Waals surface area contributed by atoms with E-state index < -0.39 is 10.0 Å². The maximum atomic E-state index is 12.8. The van der Waals surface area contributed by atoms with E-state index in [0.29, 0.717) is 12.2 Å². The fourth-order valence-corrected chi connectivity index (χ4v) is 2.73. The van der Waals surface area contributed by atoms with Gasteiger partial charge in [0, 0.05) is 6.54 Å². The van der Waals surface area contributed by atoms with Crippen molar-refractivity contribution in [1.29, 1.82) is 0 Å². The van der Waals surface area contributed by atoms with Crippen LogP contribution in [0.1, 0.15) is 5.56 Å². The van der Waals surface area contributed by atoms with Crippen LogP contribution >= 0.6 is 0 Å². The van der Waals surface area contributed by atoms with E-state index in [1.807, 2.05) is 0 Å². The van der Waals surface area contributed by atoms with E-state index in [1.54, 1.807) is 12.1 Å². The smallest absolute Gasteiger partial charge is 0.214 e. The highest BCUT2D eigenvalue weighted by molar-refractivity contribution is 7.89. The van der Waals surface area contributed by atoms with Crippen molar-refractivity contribution in [2.75, 3.05) is 18.9 Å². The minimum Gasteiger partial charge on any atom is -0.492 e. The highest BCUT2D eigenvalue weighted by Crippen LogP contribution is 2.10. The average molecular weight is 341 g/mol. The van der Waals surface area contributed by atoms with Gasteiger partial charge in [-0.05, 0) is 48.4 Å². The molecule has 0 amide bonds. The first-order chi connectivity index (χ1) is 10.9. The van der Waals surface area contributed by atoms with Crippen LogP contribution < -0.4 is 9.46 Å². The number of hydrogen-bond donors (Lipinski definition) is 1. The van der Waals surface area contributed by atoms with Crippen LogP contribution in [0.25, 0.3) is 0 Å². The Morgan fingerprint density at radius 3 is 2.09 bits per heavy atom. The molecule has 124 valence electrons. The van der Waals surface area contributed by atoms with Gasteiger partial charge in [-0.3, -0.25) is 0 Å². The molecule has 0 heterocycles. The topological polar surface area (TPSA) is 55.4 Å². The molecule has 2 aromatic rings. The van der Waals surface area contributed by atoms with E-state index in [4.69, 9.17) is 4.74 Å². The fraction of sp³-hybridized carbons (Fsp3) is 0.250. The van der Waals surface area contributed by atoms with Crippen LogP contribution in [0, 0.1) is 11.6 Å². The summed E-state index contributed by atoms with van der Waals surface area (Å²) in [6, 6.07) is 11.2. The highest BCUT2D eigenvalue weighted by atomic mass is 32.2. The van der Waals surface area contributed by atoms with Crippen LogP contribution in [-0.2, 0) is 16.4 Å². The van der Waals surface area contributed by atoms with E-state index >= 15 is 0 Å². The van der Waals surface area contributed by atoms with E-state index in [2.05, 4.69) is 4.72 Å². The number of ether oxygens (including phenoxy) is 1. The molecule has 0 aliphatic heterocycles. The molecule has 2 aromatic carbocycles. The summed E-state index contributed by atoms with van der Waals surface area (Å²) < 4.78 is 56.8. The predicted molar refractivity (Wildman–Crippen MR) is 83.8 cm³/mol. The first-order valence-corrected chi connectivity index (χ1v) is 8.70. The standard InChI is InChI=1S/C16H17F2NO3S/c17-14-3-1-13(2-4-14)9-10-19-23(20,21)12-11-22-16-7-5-15(18)6-8-16/h1-8,19H,9-12H2. The Morgan fingerprint density at radius 2 is 1.48 bits per heavy atom. The van der Waals surface area contributed by atoms with Crippen molar-refractivity contribution in [2.45, 2.75) is 6.42 Å². The van der Waals surface area contributed by atoms with Crippen LogP contribution in [-0.4, -0.2) is 27.3 Å². The first kappa shape index (κ1) is 17.4. The van der Waals surface area contributed by atoms with Gasteiger partial charge in [0.1, 0.15) is 24.0 Å². The quantitative estimate of drug-likeness (QED) is 0.803. The van der Waals surface area contributed by atoms with Crippen molar-refractivity contribution in [2.24, 2.45) is 0 Å². The second-order valence-corrected chi connectivity index (χ2v) is 6.82. The number of hydrogen-bond acceptors (Lipinski definition) is 3. The van der Waals surface area contributed by atoms with Crippen molar-refractivity contribution in [3.05, 3.63) is 65.7 Å². The molecule has 0 saturated carbocycles. The number of sulfonamides is 1. The number of halogens is 2. The van der Waals surface area contributed by atoms with Gasteiger partial charge in [0.15, 0.2) is 0 Å². The number of rotatable bonds is 8. The van der Waals surface area contributed by atoms with Gasteiger partial charge in [0.2, 0.25) is 10.0 Å². The van der Waals surface area contributed by atoms with E-state index in [-0.39, 0.29) is 30.5 Å². The summed E-state index contributed by atoms with van der Waals surface area (Å²) in [5.41, 5.74) is 0.844. The largest absolute Gasteiger partial charge is 0.492 e. The monoisotopic (exact) mass is 341 g/mol. The molecule has 7 heteroatoms. The molecular weight excluding hydrogens is 324 g/mol. The van der Waals surface area contributed by atoms with Gasteiger partial charge >= 0.3 is 0 Å². The van der Waals surface area contributed by atoms with E-state index in [1.165, 1.54) is 36.4 Å². The lowest BCUT2D eigenvalue weighted by Crippen LogP contribution is -2.30. The summed E-state index contributed by atoms with van der Waals surface area (Å²) in [4.78, 5) is 0. The van der Waals surface area contributed by atoms with Gasteiger partial charge in [-0.2, -0.15) is 0 Å². The Labute approximate surface area is 134 Å². The zero-order chi connectivity index (χ0) is 16.7. The summed E-state index contributed by atoms with van der Waals surface area (Å²) in [6.45, 7) is 0.196. The molecule has 0 atom stereocenters. The normalized spacial score (nSPS) is 11.4. The molecule has 1 N–H and O–H groups in total. The second-order valence-electron chi connectivity index (χ2n) is 4.89. The minimum absolute atomic E-state index is 0.0302. The van der Waals surface area contributed by atoms with Crippen LogP contribution in [0.15, 0.2) is 48.5 Å². The van der Waals surface area contributed by atoms with Gasteiger partial charge in [0.25, 0.3) is 0 Å². The van der Waals surface area contributed by atoms with Crippen molar-refractivity contribution >= 4 is 10.0 Å². The number of benzene rings is 2. The Morgan fingerprint density at radius 1 is 0.913 bits per heavy atom. The summed E-state index contributed by atoms with van der Waals surface area (Å²) in [5, 5.41) is 0. The second kappa shape index (κ2) is 8.03. The van der Waals surface area contributed by atoms with Crippen LogP contribution in [0.3, 0.4) is 0 Å². The SMILES string of the molecule is O=S(=O)(CCOc1ccc(F)cc1)NCCc1ccc(F)cc1.